The maximum absolute atomic E-state index is 11.3. The summed E-state index contributed by atoms with van der Waals surface area (Å²) in [4.78, 5) is 24.0. The van der Waals surface area contributed by atoms with Crippen molar-refractivity contribution in [2.75, 3.05) is 12.4 Å². The molecule has 1 unspecified atom stereocenters. The number of carbonyl (C=O) groups excluding carboxylic acids is 2. The van der Waals surface area contributed by atoms with Gasteiger partial charge in [0.25, 0.3) is 5.30 Å². The molecule has 1 saturated heterocycles. The van der Waals surface area contributed by atoms with Gasteiger partial charge in [0.2, 0.25) is 5.91 Å². The van der Waals surface area contributed by atoms with E-state index in [-0.39, 0.29) is 10.7 Å². The van der Waals surface area contributed by atoms with Crippen LogP contribution in [0, 0.1) is 0 Å². The molecule has 4 nitrogen and oxygen atoms in total. The van der Waals surface area contributed by atoms with E-state index in [4.69, 9.17) is 0 Å². The van der Waals surface area contributed by atoms with E-state index >= 15 is 0 Å². The molecular formula is C10H15NO3S. The average Bonchev–Trinajstić information content (AvgIpc) is 2.74. The van der Waals surface area contributed by atoms with Gasteiger partial charge < -0.3 is 9.90 Å². The molecule has 15 heavy (non-hydrogen) atoms. The van der Waals surface area contributed by atoms with E-state index in [0.29, 0.717) is 12.4 Å². The molecule has 0 aromatic carbocycles. The smallest absolute Gasteiger partial charge is 0.275 e. The zero-order valence-electron chi connectivity index (χ0n) is 8.82. The first-order chi connectivity index (χ1) is 7.05. The maximum atomic E-state index is 11.3. The molecule has 1 atom stereocenters. The normalized spacial score (nSPS) is 28.6. The third kappa shape index (κ3) is 1.73. The fourth-order valence-electron chi connectivity index (χ4n) is 2.62. The molecule has 1 aliphatic heterocycles. The predicted octanol–water partition coefficient (Wildman–Crippen LogP) is 0.0804. The van der Waals surface area contributed by atoms with E-state index in [1.807, 2.05) is 0 Å². The Bertz CT molecular complexity index is 299. The Balaban J connectivity index is 2.21. The first-order valence-electron chi connectivity index (χ1n) is 5.23. The minimum Gasteiger partial charge on any atom is -0.504 e. The van der Waals surface area contributed by atoms with Crippen molar-refractivity contribution in [1.82, 2.24) is 4.90 Å². The second-order valence-corrected chi connectivity index (χ2v) is 6.62. The molecule has 2 fully saturated rings. The molecule has 0 aromatic rings. The lowest BCUT2D eigenvalue weighted by Gasteiger charge is -2.20. The lowest BCUT2D eigenvalue weighted by molar-refractivity contribution is -0.233. The van der Waals surface area contributed by atoms with Crippen LogP contribution in [0.15, 0.2) is 0 Å². The van der Waals surface area contributed by atoms with Crippen LogP contribution in [-0.4, -0.2) is 33.3 Å². The highest BCUT2D eigenvalue weighted by molar-refractivity contribution is 8.11. The van der Waals surface area contributed by atoms with Crippen molar-refractivity contribution in [3.8, 4) is 0 Å². The Hall–Kier alpha value is -0.710. The van der Waals surface area contributed by atoms with Crippen molar-refractivity contribution < 1.29 is 14.7 Å². The van der Waals surface area contributed by atoms with Crippen molar-refractivity contribution in [2.24, 2.45) is 0 Å². The molecule has 0 N–H and O–H groups in total. The summed E-state index contributed by atoms with van der Waals surface area (Å²) < 4.78 is -0.148. The fourth-order valence-corrected chi connectivity index (χ4v) is 5.03. The minimum absolute atomic E-state index is 0.0162. The molecule has 1 amide bonds. The van der Waals surface area contributed by atoms with E-state index in [1.54, 1.807) is 4.90 Å². The molecule has 2 rings (SSSR count). The third-order valence-corrected chi connectivity index (χ3v) is 6.00. The number of hydrogen-bond donors (Lipinski definition) is 0. The first-order valence-corrected chi connectivity index (χ1v) is 6.62. The van der Waals surface area contributed by atoms with Gasteiger partial charge in [0, 0.05) is 19.8 Å². The maximum Gasteiger partial charge on any atom is 0.275 e. The molecule has 1 spiro atoms. The molecule has 1 aliphatic carbocycles. The Morgan fingerprint density at radius 2 is 1.93 bits per heavy atom. The van der Waals surface area contributed by atoms with Crippen molar-refractivity contribution in [3.05, 3.63) is 0 Å². The first kappa shape index (κ1) is 10.8. The lowest BCUT2D eigenvalue weighted by atomic mass is 10.1. The van der Waals surface area contributed by atoms with Crippen molar-refractivity contribution in [1.29, 1.82) is 0 Å². The fraction of sp³-hybridized carbons (Fsp3) is 0.800. The van der Waals surface area contributed by atoms with Crippen molar-refractivity contribution in [3.63, 3.8) is 0 Å². The molecule has 5 heteroatoms. The largest absolute Gasteiger partial charge is 0.504 e. The highest BCUT2D eigenvalue weighted by Crippen LogP contribution is 2.43. The van der Waals surface area contributed by atoms with Gasteiger partial charge in [-0.3, -0.25) is 9.69 Å². The predicted molar refractivity (Wildman–Crippen MR) is 56.2 cm³/mol. The summed E-state index contributed by atoms with van der Waals surface area (Å²) in [6.45, 7) is 2.13. The van der Waals surface area contributed by atoms with Crippen LogP contribution in [0.25, 0.3) is 0 Å². The van der Waals surface area contributed by atoms with Crippen LogP contribution in [0.1, 0.15) is 32.6 Å². The van der Waals surface area contributed by atoms with E-state index in [9.17, 15) is 14.7 Å². The van der Waals surface area contributed by atoms with Gasteiger partial charge in [-0.2, -0.15) is 0 Å². The SMILES string of the molecule is CC(=O)N1C[S+](C(=O)[O-])C2(CCCC2)C1. The molecule has 1 saturated carbocycles. The second-order valence-electron chi connectivity index (χ2n) is 4.38. The lowest BCUT2D eigenvalue weighted by Crippen LogP contribution is -2.44. The topological polar surface area (TPSA) is 60.4 Å². The molecular weight excluding hydrogens is 214 g/mol. The number of hydrogen-bond acceptors (Lipinski definition) is 3. The van der Waals surface area contributed by atoms with E-state index in [0.717, 1.165) is 25.7 Å². The highest BCUT2D eigenvalue weighted by Gasteiger charge is 2.58. The van der Waals surface area contributed by atoms with Gasteiger partial charge in [-0.15, -0.1) is 0 Å². The van der Waals surface area contributed by atoms with Gasteiger partial charge in [0.05, 0.1) is 17.4 Å². The number of rotatable bonds is 0. The number of carboxylic acid groups (broad SMARTS) is 1. The number of nitrogens with zero attached hydrogens (tertiary/aromatic N) is 1. The summed E-state index contributed by atoms with van der Waals surface area (Å²) >= 11 is 0. The quantitative estimate of drug-likeness (QED) is 0.553. The second kappa shape index (κ2) is 3.70. The summed E-state index contributed by atoms with van der Waals surface area (Å²) in [6, 6.07) is 0. The van der Waals surface area contributed by atoms with Crippen LogP contribution in [0.3, 0.4) is 0 Å². The monoisotopic (exact) mass is 229 g/mol. The van der Waals surface area contributed by atoms with Crippen LogP contribution >= 0.6 is 0 Å². The van der Waals surface area contributed by atoms with E-state index in [1.165, 1.54) is 6.92 Å². The third-order valence-electron chi connectivity index (χ3n) is 3.45. The number of amides is 1. The standard InChI is InChI=1S/C10H15NO3S/c1-8(12)11-6-10(4-2-3-5-10)15(7-11)9(13)14/h2-7H2,1H3. The highest BCUT2D eigenvalue weighted by atomic mass is 32.2. The van der Waals surface area contributed by atoms with E-state index in [2.05, 4.69) is 0 Å². The molecule has 0 radical (unpaired) electrons. The summed E-state index contributed by atoms with van der Waals surface area (Å²) in [7, 11) is -0.753. The Labute approximate surface area is 92.0 Å². The zero-order valence-corrected chi connectivity index (χ0v) is 9.64. The van der Waals surface area contributed by atoms with Crippen LogP contribution in [0.4, 0.5) is 4.79 Å². The summed E-state index contributed by atoms with van der Waals surface area (Å²) in [5, 5.41) is 10.1. The van der Waals surface area contributed by atoms with Gasteiger partial charge in [0.15, 0.2) is 10.6 Å². The van der Waals surface area contributed by atoms with Crippen LogP contribution < -0.4 is 5.11 Å². The van der Waals surface area contributed by atoms with E-state index < -0.39 is 16.2 Å². The van der Waals surface area contributed by atoms with Crippen molar-refractivity contribution in [2.45, 2.75) is 37.4 Å². The van der Waals surface area contributed by atoms with Gasteiger partial charge in [-0.25, -0.2) is 0 Å². The van der Waals surface area contributed by atoms with Crippen molar-refractivity contribution >= 4 is 22.1 Å². The molecule has 0 aromatic heterocycles. The van der Waals surface area contributed by atoms with Gasteiger partial charge >= 0.3 is 0 Å². The Morgan fingerprint density at radius 1 is 1.33 bits per heavy atom. The van der Waals surface area contributed by atoms with Crippen LogP contribution in [-0.2, 0) is 15.7 Å². The van der Waals surface area contributed by atoms with Gasteiger partial charge in [0.1, 0.15) is 0 Å². The van der Waals surface area contributed by atoms with Crippen LogP contribution in [0.5, 0.6) is 0 Å². The summed E-state index contributed by atoms with van der Waals surface area (Å²) in [5.74, 6) is 0.357. The molecule has 84 valence electrons. The molecule has 2 aliphatic rings. The number of carbonyl (C=O) groups is 2. The molecule has 1 heterocycles. The summed E-state index contributed by atoms with van der Waals surface area (Å²) in [5.41, 5.74) is 0. The zero-order chi connectivity index (χ0) is 11.1. The summed E-state index contributed by atoms with van der Waals surface area (Å²) in [6.07, 6.45) is 4.05. The molecule has 0 bridgehead atoms. The minimum atomic E-state index is -0.958. The average molecular weight is 229 g/mol. The van der Waals surface area contributed by atoms with Gasteiger partial charge in [-0.05, 0) is 12.8 Å². The van der Waals surface area contributed by atoms with Gasteiger partial charge in [-0.1, -0.05) is 0 Å². The van der Waals surface area contributed by atoms with Crippen LogP contribution in [0.2, 0.25) is 0 Å². The Morgan fingerprint density at radius 3 is 2.40 bits per heavy atom. The Kier molecular flexibility index (Phi) is 2.66.